The van der Waals surface area contributed by atoms with Crippen LogP contribution in [0.4, 0.5) is 4.39 Å². The quantitative estimate of drug-likeness (QED) is 0.481. The number of rotatable bonds is 0. The molecule has 0 spiro atoms. The molecule has 0 bridgehead atoms. The second kappa shape index (κ2) is 1.69. The van der Waals surface area contributed by atoms with Crippen molar-refractivity contribution in [1.29, 1.82) is 0 Å². The molecule has 0 nitrogen and oxygen atoms in total. The summed E-state index contributed by atoms with van der Waals surface area (Å²) in [4.78, 5) is 0. The highest BCUT2D eigenvalue weighted by molar-refractivity contribution is 6.26. The molecule has 10 heavy (non-hydrogen) atoms. The molecule has 58 valence electrons. The summed E-state index contributed by atoms with van der Waals surface area (Å²) < 4.78 is 13.3. The smallest absolute Gasteiger partial charge is 0.192 e. The van der Waals surface area contributed by atoms with Crippen LogP contribution in [0.1, 0.15) is 32.6 Å². The van der Waals surface area contributed by atoms with Gasteiger partial charge in [-0.1, -0.05) is 31.4 Å². The Hall–Kier alpha value is 0.220. The summed E-state index contributed by atoms with van der Waals surface area (Å²) in [6, 6.07) is 0. The van der Waals surface area contributed by atoms with Crippen molar-refractivity contribution < 1.29 is 4.39 Å². The minimum absolute atomic E-state index is 0.160. The lowest BCUT2D eigenvalue weighted by Crippen LogP contribution is -2.06. The van der Waals surface area contributed by atoms with Crippen LogP contribution in [0.15, 0.2) is 0 Å². The molecule has 0 saturated heterocycles. The molecule has 2 heteroatoms. The van der Waals surface area contributed by atoms with E-state index in [4.69, 9.17) is 11.6 Å². The monoisotopic (exact) mass is 162 g/mol. The fraction of sp³-hybridized carbons (Fsp3) is 1.00. The van der Waals surface area contributed by atoms with Crippen LogP contribution in [-0.4, -0.2) is 5.13 Å². The minimum atomic E-state index is -1.34. The Morgan fingerprint density at radius 1 is 1.50 bits per heavy atom. The van der Waals surface area contributed by atoms with Gasteiger partial charge in [-0.2, -0.15) is 0 Å². The standard InChI is InChI=1S/C8H12ClF/c1-7-5-3-2-4-6(7)8(7,9)10/h6H,2-5H2,1H3. The van der Waals surface area contributed by atoms with E-state index in [-0.39, 0.29) is 11.3 Å². The fourth-order valence-corrected chi connectivity index (χ4v) is 2.88. The molecule has 0 aromatic rings. The average Bonchev–Trinajstić information content (AvgIpc) is 2.30. The topological polar surface area (TPSA) is 0 Å². The predicted octanol–water partition coefficient (Wildman–Crippen LogP) is 3.10. The van der Waals surface area contributed by atoms with E-state index in [0.717, 1.165) is 19.3 Å². The zero-order valence-electron chi connectivity index (χ0n) is 6.16. The Labute approximate surface area is 65.8 Å². The fourth-order valence-electron chi connectivity index (χ4n) is 2.36. The summed E-state index contributed by atoms with van der Waals surface area (Å²) in [6.07, 6.45) is 4.30. The number of alkyl halides is 2. The summed E-state index contributed by atoms with van der Waals surface area (Å²) in [5.41, 5.74) is -0.160. The molecule has 2 fully saturated rings. The first-order valence-electron chi connectivity index (χ1n) is 3.97. The zero-order chi connectivity index (χ0) is 7.41. The van der Waals surface area contributed by atoms with Gasteiger partial charge in [0.25, 0.3) is 0 Å². The van der Waals surface area contributed by atoms with Crippen molar-refractivity contribution in [3.8, 4) is 0 Å². The van der Waals surface area contributed by atoms with Gasteiger partial charge in [0.2, 0.25) is 0 Å². The third-order valence-electron chi connectivity index (χ3n) is 3.32. The van der Waals surface area contributed by atoms with Crippen molar-refractivity contribution in [2.24, 2.45) is 11.3 Å². The van der Waals surface area contributed by atoms with Crippen LogP contribution in [0, 0.1) is 11.3 Å². The highest BCUT2D eigenvalue weighted by Crippen LogP contribution is 2.73. The molecular formula is C8H12ClF. The third kappa shape index (κ3) is 0.578. The van der Waals surface area contributed by atoms with Gasteiger partial charge < -0.3 is 0 Å². The van der Waals surface area contributed by atoms with Crippen molar-refractivity contribution in [3.63, 3.8) is 0 Å². The van der Waals surface area contributed by atoms with Crippen molar-refractivity contribution in [3.05, 3.63) is 0 Å². The highest BCUT2D eigenvalue weighted by atomic mass is 35.5. The van der Waals surface area contributed by atoms with Gasteiger partial charge in [-0.25, -0.2) is 4.39 Å². The van der Waals surface area contributed by atoms with E-state index in [9.17, 15) is 4.39 Å². The normalized spacial score (nSPS) is 59.7. The van der Waals surface area contributed by atoms with E-state index >= 15 is 0 Å². The number of hydrogen-bond donors (Lipinski definition) is 0. The molecular weight excluding hydrogens is 151 g/mol. The zero-order valence-corrected chi connectivity index (χ0v) is 6.92. The Morgan fingerprint density at radius 2 is 2.20 bits per heavy atom. The van der Waals surface area contributed by atoms with Gasteiger partial charge in [-0.05, 0) is 12.8 Å². The summed E-state index contributed by atoms with van der Waals surface area (Å²) in [5, 5.41) is -1.34. The molecule has 2 rings (SSSR count). The maximum absolute atomic E-state index is 13.3. The van der Waals surface area contributed by atoms with Crippen LogP contribution in [0.2, 0.25) is 0 Å². The summed E-state index contributed by atoms with van der Waals surface area (Å²) in [5.74, 6) is 0.162. The summed E-state index contributed by atoms with van der Waals surface area (Å²) in [6.45, 7) is 1.98. The molecule has 3 unspecified atom stereocenters. The number of hydrogen-bond acceptors (Lipinski definition) is 0. The molecule has 3 atom stereocenters. The largest absolute Gasteiger partial charge is 0.225 e. The van der Waals surface area contributed by atoms with Crippen molar-refractivity contribution >= 4 is 11.6 Å². The van der Waals surface area contributed by atoms with E-state index in [1.165, 1.54) is 6.42 Å². The van der Waals surface area contributed by atoms with Crippen molar-refractivity contribution in [2.45, 2.75) is 37.7 Å². The van der Waals surface area contributed by atoms with E-state index in [1.807, 2.05) is 6.92 Å². The van der Waals surface area contributed by atoms with E-state index in [2.05, 4.69) is 0 Å². The van der Waals surface area contributed by atoms with Crippen molar-refractivity contribution in [2.75, 3.05) is 0 Å². The van der Waals surface area contributed by atoms with Gasteiger partial charge in [0.15, 0.2) is 5.13 Å². The maximum atomic E-state index is 13.3. The Kier molecular flexibility index (Phi) is 1.16. The lowest BCUT2D eigenvalue weighted by molar-refractivity contribution is 0.311. The first-order valence-corrected chi connectivity index (χ1v) is 4.35. The lowest BCUT2D eigenvalue weighted by atomic mass is 9.90. The van der Waals surface area contributed by atoms with Crippen LogP contribution < -0.4 is 0 Å². The van der Waals surface area contributed by atoms with Crippen molar-refractivity contribution in [1.82, 2.24) is 0 Å². The minimum Gasteiger partial charge on any atom is -0.225 e. The Bertz CT molecular complexity index is 167. The van der Waals surface area contributed by atoms with Crippen LogP contribution in [0.25, 0.3) is 0 Å². The second-order valence-electron chi connectivity index (χ2n) is 3.84. The Morgan fingerprint density at radius 3 is 2.60 bits per heavy atom. The first-order chi connectivity index (χ1) is 4.59. The molecule has 2 saturated carbocycles. The molecule has 0 aliphatic heterocycles. The number of halogens is 2. The average molecular weight is 163 g/mol. The van der Waals surface area contributed by atoms with Crippen LogP contribution in [0.5, 0.6) is 0 Å². The van der Waals surface area contributed by atoms with Gasteiger partial charge in [0.05, 0.1) is 0 Å². The second-order valence-corrected chi connectivity index (χ2v) is 4.39. The molecule has 0 heterocycles. The SMILES string of the molecule is CC12CCCCC1C2(F)Cl. The van der Waals surface area contributed by atoms with E-state index in [1.54, 1.807) is 0 Å². The molecule has 0 radical (unpaired) electrons. The maximum Gasteiger partial charge on any atom is 0.192 e. The third-order valence-corrected chi connectivity index (χ3v) is 4.02. The lowest BCUT2D eigenvalue weighted by Gasteiger charge is -2.14. The summed E-state index contributed by atoms with van der Waals surface area (Å²) in [7, 11) is 0. The van der Waals surface area contributed by atoms with Gasteiger partial charge >= 0.3 is 0 Å². The molecule has 0 aromatic heterocycles. The molecule has 0 aromatic carbocycles. The molecule has 2 aliphatic carbocycles. The van der Waals surface area contributed by atoms with Crippen LogP contribution in [0.3, 0.4) is 0 Å². The first kappa shape index (κ1) is 6.90. The van der Waals surface area contributed by atoms with E-state index in [0.29, 0.717) is 0 Å². The molecule has 2 aliphatic rings. The summed E-state index contributed by atoms with van der Waals surface area (Å²) >= 11 is 5.69. The van der Waals surface area contributed by atoms with E-state index < -0.39 is 5.13 Å². The van der Waals surface area contributed by atoms with Gasteiger partial charge in [0, 0.05) is 11.3 Å². The van der Waals surface area contributed by atoms with Gasteiger partial charge in [-0.3, -0.25) is 0 Å². The van der Waals surface area contributed by atoms with Gasteiger partial charge in [-0.15, -0.1) is 0 Å². The molecule has 0 amide bonds. The highest BCUT2D eigenvalue weighted by Gasteiger charge is 2.74. The number of fused-ring (bicyclic) bond motifs is 1. The molecule has 0 N–H and O–H groups in total. The Balaban J connectivity index is 2.20. The predicted molar refractivity (Wildman–Crippen MR) is 39.8 cm³/mol. The van der Waals surface area contributed by atoms with Crippen LogP contribution >= 0.6 is 11.6 Å². The van der Waals surface area contributed by atoms with Crippen LogP contribution in [-0.2, 0) is 0 Å². The van der Waals surface area contributed by atoms with Gasteiger partial charge in [0.1, 0.15) is 0 Å².